The Hall–Kier alpha value is -2.11. The molecule has 4 nitrogen and oxygen atoms in total. The molecule has 0 aromatic heterocycles. The van der Waals surface area contributed by atoms with Gasteiger partial charge in [0.15, 0.2) is 0 Å². The number of benzene rings is 2. The Labute approximate surface area is 142 Å². The van der Waals surface area contributed by atoms with Gasteiger partial charge in [-0.05, 0) is 36.8 Å². The molecule has 2 rings (SSSR count). The summed E-state index contributed by atoms with van der Waals surface area (Å²) in [5.41, 5.74) is 1.41. The van der Waals surface area contributed by atoms with E-state index in [0.29, 0.717) is 16.8 Å². The lowest BCUT2D eigenvalue weighted by molar-refractivity contribution is 0.0960. The van der Waals surface area contributed by atoms with E-state index < -0.39 is 11.7 Å². The van der Waals surface area contributed by atoms with Crippen molar-refractivity contribution in [2.75, 3.05) is 12.4 Å². The molecule has 120 valence electrons. The monoisotopic (exact) mass is 354 g/mol. The van der Waals surface area contributed by atoms with Gasteiger partial charge in [0.25, 0.3) is 11.8 Å². The van der Waals surface area contributed by atoms with Crippen LogP contribution in [0.1, 0.15) is 26.3 Å². The van der Waals surface area contributed by atoms with Crippen LogP contribution in [0.4, 0.5) is 10.1 Å². The molecule has 0 radical (unpaired) electrons. The molecule has 2 aromatic rings. The Morgan fingerprint density at radius 3 is 2.39 bits per heavy atom. The highest BCUT2D eigenvalue weighted by molar-refractivity contribution is 6.37. The zero-order valence-corrected chi connectivity index (χ0v) is 13.8. The number of rotatable bonds is 3. The zero-order valence-electron chi connectivity index (χ0n) is 12.3. The molecule has 0 heterocycles. The number of anilines is 1. The summed E-state index contributed by atoms with van der Waals surface area (Å²) in [6, 6.07) is 7.05. The number of carbonyl (C=O) groups is 2. The Morgan fingerprint density at radius 1 is 1.04 bits per heavy atom. The quantitative estimate of drug-likeness (QED) is 0.816. The van der Waals surface area contributed by atoms with E-state index in [-0.39, 0.29) is 21.5 Å². The molecule has 0 saturated heterocycles. The summed E-state index contributed by atoms with van der Waals surface area (Å²) in [4.78, 5) is 24.1. The first-order valence-electron chi connectivity index (χ1n) is 6.62. The van der Waals surface area contributed by atoms with Crippen molar-refractivity contribution < 1.29 is 14.0 Å². The molecule has 0 spiro atoms. The van der Waals surface area contributed by atoms with Crippen LogP contribution in [-0.2, 0) is 0 Å². The van der Waals surface area contributed by atoms with E-state index in [1.807, 2.05) is 0 Å². The highest BCUT2D eigenvalue weighted by Crippen LogP contribution is 2.26. The minimum Gasteiger partial charge on any atom is -0.355 e. The van der Waals surface area contributed by atoms with Gasteiger partial charge in [0.2, 0.25) is 0 Å². The average Bonchev–Trinajstić information content (AvgIpc) is 2.52. The summed E-state index contributed by atoms with van der Waals surface area (Å²) in [5.74, 6) is -1.60. The largest absolute Gasteiger partial charge is 0.355 e. The highest BCUT2D eigenvalue weighted by atomic mass is 35.5. The number of hydrogen-bond acceptors (Lipinski definition) is 2. The second kappa shape index (κ2) is 6.98. The molecule has 0 saturated carbocycles. The van der Waals surface area contributed by atoms with E-state index in [2.05, 4.69) is 10.6 Å². The van der Waals surface area contributed by atoms with Crippen LogP contribution in [0.2, 0.25) is 10.0 Å². The van der Waals surface area contributed by atoms with Crippen molar-refractivity contribution in [3.8, 4) is 0 Å². The van der Waals surface area contributed by atoms with E-state index in [9.17, 15) is 14.0 Å². The number of hydrogen-bond donors (Lipinski definition) is 2. The van der Waals surface area contributed by atoms with Gasteiger partial charge in [-0.3, -0.25) is 9.59 Å². The van der Waals surface area contributed by atoms with Crippen molar-refractivity contribution in [2.24, 2.45) is 0 Å². The van der Waals surface area contributed by atoms with E-state index in [1.54, 1.807) is 25.1 Å². The molecule has 0 atom stereocenters. The van der Waals surface area contributed by atoms with Gasteiger partial charge in [0.05, 0.1) is 15.6 Å². The van der Waals surface area contributed by atoms with E-state index in [1.165, 1.54) is 13.1 Å². The molecule has 2 N–H and O–H groups in total. The molecule has 7 heteroatoms. The lowest BCUT2D eigenvalue weighted by Crippen LogP contribution is -2.20. The smallest absolute Gasteiger partial charge is 0.257 e. The molecule has 2 aromatic carbocycles. The van der Waals surface area contributed by atoms with Crippen LogP contribution in [0.15, 0.2) is 30.3 Å². The molecule has 0 bridgehead atoms. The van der Waals surface area contributed by atoms with Gasteiger partial charge < -0.3 is 10.6 Å². The van der Waals surface area contributed by atoms with Crippen molar-refractivity contribution in [2.45, 2.75) is 6.92 Å². The number of carbonyl (C=O) groups excluding carboxylic acids is 2. The normalized spacial score (nSPS) is 10.3. The van der Waals surface area contributed by atoms with Crippen molar-refractivity contribution in [3.63, 3.8) is 0 Å². The Bertz CT molecular complexity index is 794. The molecule has 0 unspecified atom stereocenters. The van der Waals surface area contributed by atoms with Crippen LogP contribution in [0.25, 0.3) is 0 Å². The molecule has 0 aliphatic heterocycles. The van der Waals surface area contributed by atoms with Crippen LogP contribution in [0, 0.1) is 12.7 Å². The predicted octanol–water partition coefficient (Wildman–Crippen LogP) is 4.05. The second-order valence-corrected chi connectivity index (χ2v) is 5.57. The molecule has 0 fully saturated rings. The number of nitrogens with one attached hydrogen (secondary N) is 2. The molecule has 23 heavy (non-hydrogen) atoms. The fourth-order valence-electron chi connectivity index (χ4n) is 2.04. The summed E-state index contributed by atoms with van der Waals surface area (Å²) in [6.45, 7) is 1.70. The fraction of sp³-hybridized carbons (Fsp3) is 0.125. The lowest BCUT2D eigenvalue weighted by atomic mass is 10.1. The van der Waals surface area contributed by atoms with Gasteiger partial charge in [-0.1, -0.05) is 29.3 Å². The number of amides is 2. The topological polar surface area (TPSA) is 58.2 Å². The van der Waals surface area contributed by atoms with Gasteiger partial charge in [-0.25, -0.2) is 4.39 Å². The number of halogens is 3. The van der Waals surface area contributed by atoms with Crippen molar-refractivity contribution in [1.82, 2.24) is 5.32 Å². The summed E-state index contributed by atoms with van der Waals surface area (Å²) in [6.07, 6.45) is 0. The van der Waals surface area contributed by atoms with Crippen LogP contribution < -0.4 is 10.6 Å². The Kier molecular flexibility index (Phi) is 5.23. The third-order valence-corrected chi connectivity index (χ3v) is 3.91. The summed E-state index contributed by atoms with van der Waals surface area (Å²) < 4.78 is 13.5. The third kappa shape index (κ3) is 3.63. The molecule has 2 amide bonds. The fourth-order valence-corrected chi connectivity index (χ4v) is 2.51. The maximum absolute atomic E-state index is 13.5. The maximum Gasteiger partial charge on any atom is 0.257 e. The van der Waals surface area contributed by atoms with Crippen molar-refractivity contribution >= 4 is 40.7 Å². The first-order chi connectivity index (χ1) is 10.8. The minimum absolute atomic E-state index is 0.0361. The molecular weight excluding hydrogens is 342 g/mol. The van der Waals surface area contributed by atoms with E-state index >= 15 is 0 Å². The van der Waals surface area contributed by atoms with E-state index in [0.717, 1.165) is 6.07 Å². The predicted molar refractivity (Wildman–Crippen MR) is 88.9 cm³/mol. The first-order valence-corrected chi connectivity index (χ1v) is 7.38. The molecule has 0 aliphatic rings. The summed E-state index contributed by atoms with van der Waals surface area (Å²) in [7, 11) is 1.52. The van der Waals surface area contributed by atoms with Crippen molar-refractivity contribution in [1.29, 1.82) is 0 Å². The van der Waals surface area contributed by atoms with Gasteiger partial charge in [-0.2, -0.15) is 0 Å². The van der Waals surface area contributed by atoms with Gasteiger partial charge in [0, 0.05) is 18.3 Å². The minimum atomic E-state index is -0.739. The Morgan fingerprint density at radius 2 is 1.74 bits per heavy atom. The average molecular weight is 355 g/mol. The van der Waals surface area contributed by atoms with Gasteiger partial charge in [0.1, 0.15) is 5.82 Å². The Balaban J connectivity index is 2.35. The molecular formula is C16H13Cl2FN2O2. The first kappa shape index (κ1) is 17.2. The summed E-state index contributed by atoms with van der Waals surface area (Å²) in [5, 5.41) is 5.01. The SMILES string of the molecule is CNC(=O)c1cccc(NC(=O)c2cc(F)c(Cl)cc2Cl)c1C. The second-order valence-electron chi connectivity index (χ2n) is 4.76. The van der Waals surface area contributed by atoms with Crippen LogP contribution in [0.5, 0.6) is 0 Å². The standard InChI is InChI=1S/C16H13Cl2FN2O2/c1-8-9(15(22)20-2)4-3-5-14(8)21-16(23)10-6-13(19)12(18)7-11(10)17/h3-7H,1-2H3,(H,20,22)(H,21,23). The molecule has 0 aliphatic carbocycles. The van der Waals surface area contributed by atoms with E-state index in [4.69, 9.17) is 23.2 Å². The highest BCUT2D eigenvalue weighted by Gasteiger charge is 2.17. The van der Waals surface area contributed by atoms with Crippen LogP contribution >= 0.6 is 23.2 Å². The summed E-state index contributed by atoms with van der Waals surface area (Å²) >= 11 is 11.5. The van der Waals surface area contributed by atoms with Gasteiger partial charge >= 0.3 is 0 Å². The maximum atomic E-state index is 13.5. The lowest BCUT2D eigenvalue weighted by Gasteiger charge is -2.12. The van der Waals surface area contributed by atoms with Crippen molar-refractivity contribution in [3.05, 3.63) is 62.9 Å². The van der Waals surface area contributed by atoms with Crippen LogP contribution in [-0.4, -0.2) is 18.9 Å². The third-order valence-electron chi connectivity index (χ3n) is 3.31. The van der Waals surface area contributed by atoms with Gasteiger partial charge in [-0.15, -0.1) is 0 Å². The zero-order chi connectivity index (χ0) is 17.1. The van der Waals surface area contributed by atoms with Crippen LogP contribution in [0.3, 0.4) is 0 Å².